The van der Waals surface area contributed by atoms with Gasteiger partial charge in [-0.25, -0.2) is 9.97 Å². The molecule has 1 unspecified atom stereocenters. The van der Waals surface area contributed by atoms with Crippen LogP contribution < -0.4 is 4.90 Å². The van der Waals surface area contributed by atoms with E-state index in [-0.39, 0.29) is 16.8 Å². The highest BCUT2D eigenvalue weighted by Crippen LogP contribution is 2.40. The molecule has 1 aromatic heterocycles. The second-order valence-corrected chi connectivity index (χ2v) is 5.88. The highest BCUT2D eigenvalue weighted by molar-refractivity contribution is 6.33. The topological polar surface area (TPSA) is 46.1 Å². The van der Waals surface area contributed by atoms with Crippen molar-refractivity contribution in [2.24, 2.45) is 5.92 Å². The quantitative estimate of drug-likeness (QED) is 0.852. The van der Waals surface area contributed by atoms with Gasteiger partial charge in [-0.15, -0.1) is 0 Å². The van der Waals surface area contributed by atoms with Crippen LogP contribution in [0.25, 0.3) is 0 Å². The fourth-order valence-corrected chi connectivity index (χ4v) is 2.98. The third kappa shape index (κ3) is 2.40. The molecule has 0 aliphatic carbocycles. The summed E-state index contributed by atoms with van der Waals surface area (Å²) >= 11 is 6.00. The van der Waals surface area contributed by atoms with Gasteiger partial charge in [0.05, 0.1) is 0 Å². The minimum Gasteiger partial charge on any atom is -0.306 e. The predicted molar refractivity (Wildman–Crippen MR) is 82.7 cm³/mol. The maximum atomic E-state index is 12.7. The van der Waals surface area contributed by atoms with Crippen LogP contribution in [0.5, 0.6) is 0 Å². The van der Waals surface area contributed by atoms with E-state index in [9.17, 15) is 4.79 Å². The summed E-state index contributed by atoms with van der Waals surface area (Å²) in [7, 11) is 0. The molecule has 0 saturated heterocycles. The Morgan fingerprint density at radius 1 is 1.29 bits per heavy atom. The lowest BCUT2D eigenvalue weighted by molar-refractivity contribution is 0.0982. The van der Waals surface area contributed by atoms with Gasteiger partial charge in [-0.1, -0.05) is 43.6 Å². The van der Waals surface area contributed by atoms with Crippen LogP contribution in [0.2, 0.25) is 5.15 Å². The molecule has 0 fully saturated rings. The van der Waals surface area contributed by atoms with Gasteiger partial charge in [-0.2, -0.15) is 0 Å². The summed E-state index contributed by atoms with van der Waals surface area (Å²) in [5, 5.41) is 0.146. The second kappa shape index (κ2) is 5.45. The molecule has 1 aromatic carbocycles. The van der Waals surface area contributed by atoms with Crippen LogP contribution in [-0.2, 0) is 0 Å². The monoisotopic (exact) mass is 301 g/mol. The van der Waals surface area contributed by atoms with Gasteiger partial charge >= 0.3 is 0 Å². The lowest BCUT2D eigenvalue weighted by Crippen LogP contribution is -2.31. The molecular formula is C16H16ClN3O. The maximum Gasteiger partial charge on any atom is 0.280 e. The van der Waals surface area contributed by atoms with Crippen LogP contribution >= 0.6 is 11.6 Å². The second-order valence-electron chi connectivity index (χ2n) is 5.52. The minimum atomic E-state index is -0.191. The van der Waals surface area contributed by atoms with Crippen molar-refractivity contribution in [2.75, 3.05) is 11.4 Å². The van der Waals surface area contributed by atoms with Crippen molar-refractivity contribution >= 4 is 23.2 Å². The molecule has 4 nitrogen and oxygen atoms in total. The van der Waals surface area contributed by atoms with Crippen molar-refractivity contribution in [1.82, 2.24) is 9.97 Å². The van der Waals surface area contributed by atoms with E-state index in [1.165, 1.54) is 18.0 Å². The van der Waals surface area contributed by atoms with Crippen molar-refractivity contribution in [2.45, 2.75) is 19.8 Å². The first-order valence-electron chi connectivity index (χ1n) is 6.97. The summed E-state index contributed by atoms with van der Waals surface area (Å²) in [6, 6.07) is 8.02. The Morgan fingerprint density at radius 2 is 2.00 bits per heavy atom. The normalized spacial score (nSPS) is 17.1. The number of carbonyl (C=O) groups is 1. The summed E-state index contributed by atoms with van der Waals surface area (Å²) in [5.41, 5.74) is 2.36. The highest BCUT2D eigenvalue weighted by Gasteiger charge is 2.35. The van der Waals surface area contributed by atoms with E-state index in [0.29, 0.717) is 18.4 Å². The molecule has 0 N–H and O–H groups in total. The maximum absolute atomic E-state index is 12.7. The third-order valence-electron chi connectivity index (χ3n) is 3.91. The Labute approximate surface area is 128 Å². The number of rotatable bonds is 2. The van der Waals surface area contributed by atoms with Crippen LogP contribution in [0.4, 0.5) is 5.69 Å². The number of hydrogen-bond acceptors (Lipinski definition) is 3. The molecule has 1 atom stereocenters. The number of fused-ring (bicyclic) bond motifs is 1. The predicted octanol–water partition coefficient (Wildman–Crippen LogP) is 3.53. The molecule has 108 valence electrons. The molecule has 21 heavy (non-hydrogen) atoms. The van der Waals surface area contributed by atoms with Crippen molar-refractivity contribution in [3.8, 4) is 0 Å². The zero-order valence-corrected chi connectivity index (χ0v) is 12.7. The van der Waals surface area contributed by atoms with Gasteiger partial charge < -0.3 is 4.90 Å². The van der Waals surface area contributed by atoms with Gasteiger partial charge in [-0.05, 0) is 17.5 Å². The first-order valence-corrected chi connectivity index (χ1v) is 7.34. The molecule has 2 heterocycles. The Morgan fingerprint density at radius 3 is 2.71 bits per heavy atom. The van der Waals surface area contributed by atoms with E-state index in [1.807, 2.05) is 18.2 Å². The average molecular weight is 302 g/mol. The lowest BCUT2D eigenvalue weighted by atomic mass is 9.90. The summed E-state index contributed by atoms with van der Waals surface area (Å²) in [4.78, 5) is 22.5. The van der Waals surface area contributed by atoms with Crippen LogP contribution in [0, 0.1) is 5.92 Å². The van der Waals surface area contributed by atoms with Gasteiger partial charge in [0, 0.05) is 30.5 Å². The Balaban J connectivity index is 2.01. The number of amides is 1. The number of anilines is 1. The van der Waals surface area contributed by atoms with Crippen LogP contribution in [-0.4, -0.2) is 22.4 Å². The molecule has 1 aliphatic heterocycles. The first kappa shape index (κ1) is 14.0. The van der Waals surface area contributed by atoms with Gasteiger partial charge in [0.1, 0.15) is 0 Å². The Bertz CT molecular complexity index is 687. The fourth-order valence-electron chi connectivity index (χ4n) is 2.79. The molecular weight excluding hydrogens is 286 g/mol. The number of carbonyl (C=O) groups excluding carboxylic acids is 1. The van der Waals surface area contributed by atoms with Gasteiger partial charge in [0.2, 0.25) is 0 Å². The molecule has 0 bridgehead atoms. The molecule has 5 heteroatoms. The highest BCUT2D eigenvalue weighted by atomic mass is 35.5. The summed E-state index contributed by atoms with van der Waals surface area (Å²) < 4.78 is 0. The molecule has 0 radical (unpaired) electrons. The number of benzene rings is 1. The van der Waals surface area contributed by atoms with E-state index in [1.54, 1.807) is 4.90 Å². The largest absolute Gasteiger partial charge is 0.306 e. The zero-order chi connectivity index (χ0) is 15.0. The van der Waals surface area contributed by atoms with Crippen molar-refractivity contribution in [3.63, 3.8) is 0 Å². The Kier molecular flexibility index (Phi) is 3.64. The van der Waals surface area contributed by atoms with E-state index in [0.717, 1.165) is 5.69 Å². The number of hydrogen-bond donors (Lipinski definition) is 0. The third-order valence-corrected chi connectivity index (χ3v) is 4.19. The van der Waals surface area contributed by atoms with Crippen LogP contribution in [0.1, 0.15) is 35.8 Å². The SMILES string of the molecule is CC(C)C1CN(C(=O)c2nccnc2Cl)c2ccccc21. The lowest BCUT2D eigenvalue weighted by Gasteiger charge is -2.18. The van der Waals surface area contributed by atoms with Crippen molar-refractivity contribution < 1.29 is 4.79 Å². The number of nitrogens with zero attached hydrogens (tertiary/aromatic N) is 3. The van der Waals surface area contributed by atoms with E-state index >= 15 is 0 Å². The molecule has 1 aliphatic rings. The molecule has 1 amide bonds. The summed E-state index contributed by atoms with van der Waals surface area (Å²) in [5.74, 6) is 0.602. The zero-order valence-electron chi connectivity index (χ0n) is 12.0. The van der Waals surface area contributed by atoms with Gasteiger partial charge in [0.15, 0.2) is 10.8 Å². The van der Waals surface area contributed by atoms with Gasteiger partial charge in [-0.3, -0.25) is 4.79 Å². The first-order chi connectivity index (χ1) is 10.1. The molecule has 0 spiro atoms. The molecule has 0 saturated carbocycles. The van der Waals surface area contributed by atoms with Crippen molar-refractivity contribution in [3.05, 3.63) is 53.1 Å². The van der Waals surface area contributed by atoms with E-state index in [2.05, 4.69) is 29.9 Å². The molecule has 3 rings (SSSR count). The van der Waals surface area contributed by atoms with Crippen molar-refractivity contribution in [1.29, 1.82) is 0 Å². The van der Waals surface area contributed by atoms with E-state index in [4.69, 9.17) is 11.6 Å². The van der Waals surface area contributed by atoms with Gasteiger partial charge in [0.25, 0.3) is 5.91 Å². The standard InChI is InChI=1S/C16H16ClN3O/c1-10(2)12-9-20(13-6-4-3-5-11(12)13)16(21)14-15(17)19-8-7-18-14/h3-8,10,12H,9H2,1-2H3. The summed E-state index contributed by atoms with van der Waals surface area (Å²) in [6.07, 6.45) is 2.97. The molecule has 2 aromatic rings. The van der Waals surface area contributed by atoms with E-state index < -0.39 is 0 Å². The fraction of sp³-hybridized carbons (Fsp3) is 0.312. The summed E-state index contributed by atoms with van der Waals surface area (Å²) in [6.45, 7) is 5.00. The van der Waals surface area contributed by atoms with Crippen LogP contribution in [0.15, 0.2) is 36.7 Å². The smallest absolute Gasteiger partial charge is 0.280 e. The average Bonchev–Trinajstić information content (AvgIpc) is 2.87. The number of aromatic nitrogens is 2. The number of para-hydroxylation sites is 1. The number of halogens is 1. The Hall–Kier alpha value is -1.94. The van der Waals surface area contributed by atoms with Crippen LogP contribution in [0.3, 0.4) is 0 Å². The minimum absolute atomic E-state index is 0.146.